The van der Waals surface area contributed by atoms with Crippen LogP contribution in [0.4, 0.5) is 4.79 Å². The Balaban J connectivity index is 1.53. The number of primary sulfonamides is 1. The first-order chi connectivity index (χ1) is 10.9. The van der Waals surface area contributed by atoms with E-state index in [4.69, 9.17) is 5.14 Å². The van der Waals surface area contributed by atoms with E-state index in [2.05, 4.69) is 20.3 Å². The van der Waals surface area contributed by atoms with Crippen LogP contribution in [-0.4, -0.2) is 48.5 Å². The fourth-order valence-electron chi connectivity index (χ4n) is 2.71. The van der Waals surface area contributed by atoms with E-state index in [1.165, 1.54) is 0 Å². The second kappa shape index (κ2) is 6.13. The van der Waals surface area contributed by atoms with Crippen molar-refractivity contribution in [3.8, 4) is 0 Å². The van der Waals surface area contributed by atoms with Crippen LogP contribution >= 0.6 is 0 Å². The summed E-state index contributed by atoms with van der Waals surface area (Å²) in [6.07, 6.45) is 0.639. The van der Waals surface area contributed by atoms with Gasteiger partial charge in [0.15, 0.2) is 0 Å². The van der Waals surface area contributed by atoms with Gasteiger partial charge in [0.05, 0.1) is 5.75 Å². The van der Waals surface area contributed by atoms with Crippen molar-refractivity contribution in [1.82, 2.24) is 20.5 Å². The Kier molecular flexibility index (Phi) is 4.18. The van der Waals surface area contributed by atoms with Crippen LogP contribution in [0.2, 0.25) is 0 Å². The largest absolute Gasteiger partial charge is 0.334 e. The van der Waals surface area contributed by atoms with E-state index >= 15 is 0 Å². The summed E-state index contributed by atoms with van der Waals surface area (Å²) >= 11 is 0. The lowest BCUT2D eigenvalue weighted by Gasteiger charge is -2.17. The summed E-state index contributed by atoms with van der Waals surface area (Å²) < 4.78 is 26.8. The lowest BCUT2D eigenvalue weighted by molar-refractivity contribution is 0.207. The van der Waals surface area contributed by atoms with Gasteiger partial charge in [0, 0.05) is 19.6 Å². The Morgan fingerprint density at radius 1 is 1.39 bits per heavy atom. The molecule has 3 N–H and O–H groups in total. The highest BCUT2D eigenvalue weighted by Crippen LogP contribution is 2.17. The maximum Gasteiger partial charge on any atom is 0.317 e. The Bertz CT molecular complexity index is 819. The first kappa shape index (κ1) is 15.7. The lowest BCUT2D eigenvalue weighted by Crippen LogP contribution is -2.38. The van der Waals surface area contributed by atoms with Crippen molar-refractivity contribution in [3.63, 3.8) is 0 Å². The molecule has 1 aliphatic rings. The molecule has 0 unspecified atom stereocenters. The summed E-state index contributed by atoms with van der Waals surface area (Å²) in [6, 6.07) is 5.17. The monoisotopic (exact) mass is 339 g/mol. The number of carbonyl (C=O) groups is 1. The SMILES string of the molecule is NS(=O)(=O)C[C@H]1CCN(C(=O)NCc2ccc3nonc3c2)C1. The standard InChI is InChI=1S/C13H17N5O4S/c14-23(20,21)8-10-3-4-18(7-10)13(19)15-6-9-1-2-11-12(5-9)17-22-16-11/h1-2,5,10H,3-4,6-8H2,(H,15,19)(H2,14,20,21)/t10-/m0/s1. The number of nitrogens with one attached hydrogen (secondary N) is 1. The number of rotatable bonds is 4. The highest BCUT2D eigenvalue weighted by atomic mass is 32.2. The molecule has 0 aliphatic carbocycles. The first-order valence-corrected chi connectivity index (χ1v) is 8.87. The molecule has 3 rings (SSSR count). The third kappa shape index (κ3) is 3.96. The molecule has 1 aliphatic heterocycles. The number of benzene rings is 1. The highest BCUT2D eigenvalue weighted by Gasteiger charge is 2.28. The molecule has 0 spiro atoms. The van der Waals surface area contributed by atoms with Gasteiger partial charge in [0.25, 0.3) is 0 Å². The van der Waals surface area contributed by atoms with E-state index < -0.39 is 10.0 Å². The van der Waals surface area contributed by atoms with Crippen molar-refractivity contribution < 1.29 is 17.8 Å². The molecule has 0 saturated carbocycles. The van der Waals surface area contributed by atoms with Crippen LogP contribution in [0, 0.1) is 5.92 Å². The number of nitrogens with two attached hydrogens (primary N) is 1. The number of amides is 2. The van der Waals surface area contributed by atoms with E-state index in [0.717, 1.165) is 5.56 Å². The number of likely N-dealkylation sites (tertiary alicyclic amines) is 1. The number of aromatic nitrogens is 2. The number of sulfonamides is 1. The van der Waals surface area contributed by atoms with Crippen molar-refractivity contribution in [2.75, 3.05) is 18.8 Å². The smallest absolute Gasteiger partial charge is 0.317 e. The Morgan fingerprint density at radius 2 is 2.17 bits per heavy atom. The summed E-state index contributed by atoms with van der Waals surface area (Å²) in [5, 5.41) is 15.3. The van der Waals surface area contributed by atoms with E-state index in [0.29, 0.717) is 37.1 Å². The van der Waals surface area contributed by atoms with Gasteiger partial charge in [0.2, 0.25) is 10.0 Å². The summed E-state index contributed by atoms with van der Waals surface area (Å²) in [5.74, 6) is -0.194. The Hall–Kier alpha value is -2.20. The van der Waals surface area contributed by atoms with Gasteiger partial charge in [-0.15, -0.1) is 0 Å². The molecule has 9 nitrogen and oxygen atoms in total. The van der Waals surface area contributed by atoms with Crippen LogP contribution in [0.25, 0.3) is 11.0 Å². The van der Waals surface area contributed by atoms with Crippen LogP contribution in [-0.2, 0) is 16.6 Å². The molecule has 2 heterocycles. The maximum absolute atomic E-state index is 12.1. The first-order valence-electron chi connectivity index (χ1n) is 7.15. The summed E-state index contributed by atoms with van der Waals surface area (Å²) in [7, 11) is -3.51. The molecule has 2 amide bonds. The van der Waals surface area contributed by atoms with Crippen molar-refractivity contribution >= 4 is 27.1 Å². The van der Waals surface area contributed by atoms with E-state index in [-0.39, 0.29) is 17.7 Å². The molecule has 1 aromatic heterocycles. The van der Waals surface area contributed by atoms with Crippen LogP contribution in [0.15, 0.2) is 22.8 Å². The normalized spacial score (nSPS) is 18.5. The zero-order chi connectivity index (χ0) is 16.4. The van der Waals surface area contributed by atoms with Crippen LogP contribution in [0.3, 0.4) is 0 Å². The zero-order valence-corrected chi connectivity index (χ0v) is 13.1. The van der Waals surface area contributed by atoms with Gasteiger partial charge < -0.3 is 10.2 Å². The minimum absolute atomic E-state index is 0.0907. The predicted molar refractivity (Wildman–Crippen MR) is 81.7 cm³/mol. The van der Waals surface area contributed by atoms with E-state index in [9.17, 15) is 13.2 Å². The number of carbonyl (C=O) groups excluding carboxylic acids is 1. The quantitative estimate of drug-likeness (QED) is 0.808. The number of hydrogen-bond acceptors (Lipinski definition) is 6. The zero-order valence-electron chi connectivity index (χ0n) is 12.3. The number of hydrogen-bond donors (Lipinski definition) is 2. The second-order valence-corrected chi connectivity index (χ2v) is 7.34. The van der Waals surface area contributed by atoms with Gasteiger partial charge >= 0.3 is 6.03 Å². The fraction of sp³-hybridized carbons (Fsp3) is 0.462. The average Bonchev–Trinajstić information content (AvgIpc) is 3.11. The van der Waals surface area contributed by atoms with Gasteiger partial charge in [-0.3, -0.25) is 0 Å². The van der Waals surface area contributed by atoms with Gasteiger partial charge in [-0.2, -0.15) is 0 Å². The number of nitrogens with zero attached hydrogens (tertiary/aromatic N) is 3. The molecular weight excluding hydrogens is 322 g/mol. The predicted octanol–water partition coefficient (Wildman–Crippen LogP) is 0.0428. The summed E-state index contributed by atoms with van der Waals surface area (Å²) in [6.45, 7) is 1.27. The topological polar surface area (TPSA) is 131 Å². The van der Waals surface area contributed by atoms with Crippen LogP contribution < -0.4 is 10.5 Å². The molecule has 0 radical (unpaired) electrons. The molecule has 2 aromatic rings. The minimum Gasteiger partial charge on any atom is -0.334 e. The van der Waals surface area contributed by atoms with Gasteiger partial charge in [-0.1, -0.05) is 6.07 Å². The van der Waals surface area contributed by atoms with Gasteiger partial charge in [-0.05, 0) is 40.3 Å². The molecule has 23 heavy (non-hydrogen) atoms. The molecule has 124 valence electrons. The highest BCUT2D eigenvalue weighted by molar-refractivity contribution is 7.89. The van der Waals surface area contributed by atoms with Crippen LogP contribution in [0.5, 0.6) is 0 Å². The maximum atomic E-state index is 12.1. The summed E-state index contributed by atoms with van der Waals surface area (Å²) in [4.78, 5) is 13.7. The molecule has 1 fully saturated rings. The molecule has 10 heteroatoms. The van der Waals surface area contributed by atoms with Crippen molar-refractivity contribution in [3.05, 3.63) is 23.8 Å². The Morgan fingerprint density at radius 3 is 2.96 bits per heavy atom. The fourth-order valence-corrected chi connectivity index (χ4v) is 3.64. The minimum atomic E-state index is -3.51. The number of urea groups is 1. The molecule has 1 saturated heterocycles. The molecule has 0 bridgehead atoms. The summed E-state index contributed by atoms with van der Waals surface area (Å²) in [5.41, 5.74) is 2.17. The average molecular weight is 339 g/mol. The molecule has 1 atom stereocenters. The van der Waals surface area contributed by atoms with Crippen molar-refractivity contribution in [2.24, 2.45) is 11.1 Å². The van der Waals surface area contributed by atoms with Gasteiger partial charge in [-0.25, -0.2) is 23.0 Å². The Labute approximate surface area is 132 Å². The third-order valence-electron chi connectivity index (χ3n) is 3.80. The molecular formula is C13H17N5O4S. The number of fused-ring (bicyclic) bond motifs is 1. The third-order valence-corrected chi connectivity index (χ3v) is 4.74. The van der Waals surface area contributed by atoms with E-state index in [1.807, 2.05) is 6.07 Å². The second-order valence-electron chi connectivity index (χ2n) is 5.68. The van der Waals surface area contributed by atoms with Crippen LogP contribution in [0.1, 0.15) is 12.0 Å². The lowest BCUT2D eigenvalue weighted by atomic mass is 10.2. The van der Waals surface area contributed by atoms with Gasteiger partial charge in [0.1, 0.15) is 11.0 Å². The molecule has 1 aromatic carbocycles. The van der Waals surface area contributed by atoms with Crippen molar-refractivity contribution in [1.29, 1.82) is 0 Å². The van der Waals surface area contributed by atoms with E-state index in [1.54, 1.807) is 17.0 Å². The van der Waals surface area contributed by atoms with Crippen molar-refractivity contribution in [2.45, 2.75) is 13.0 Å².